The quantitative estimate of drug-likeness (QED) is 0.884. The fourth-order valence-corrected chi connectivity index (χ4v) is 2.59. The Hall–Kier alpha value is -1.52. The maximum Gasteiger partial charge on any atom is 0.138 e. The van der Waals surface area contributed by atoms with Crippen LogP contribution in [0.25, 0.3) is 0 Å². The number of imidazole rings is 1. The van der Waals surface area contributed by atoms with E-state index >= 15 is 0 Å². The molecule has 5 heteroatoms. The van der Waals surface area contributed by atoms with Gasteiger partial charge in [0.25, 0.3) is 0 Å². The van der Waals surface area contributed by atoms with Crippen LogP contribution in [0.4, 0.5) is 0 Å². The number of nitrogens with one attached hydrogen (secondary N) is 1. The molecule has 1 atom stereocenters. The summed E-state index contributed by atoms with van der Waals surface area (Å²) in [4.78, 5) is 4.21. The van der Waals surface area contributed by atoms with E-state index in [0.717, 1.165) is 11.3 Å². The van der Waals surface area contributed by atoms with Crippen LogP contribution in [-0.4, -0.2) is 16.6 Å². The first-order valence-corrected chi connectivity index (χ1v) is 7.67. The summed E-state index contributed by atoms with van der Waals surface area (Å²) in [6.45, 7) is 2.59. The van der Waals surface area contributed by atoms with Crippen LogP contribution in [0.5, 0.6) is 5.75 Å². The van der Waals surface area contributed by atoms with Crippen LogP contribution >= 0.6 is 11.6 Å². The summed E-state index contributed by atoms with van der Waals surface area (Å²) < 4.78 is 8.05. The van der Waals surface area contributed by atoms with Gasteiger partial charge in [0, 0.05) is 12.1 Å². The normalized spacial score (nSPS) is 16.0. The van der Waals surface area contributed by atoms with Crippen LogP contribution in [0, 0.1) is 0 Å². The maximum atomic E-state index is 6.31. The van der Waals surface area contributed by atoms with Gasteiger partial charge >= 0.3 is 0 Å². The summed E-state index contributed by atoms with van der Waals surface area (Å²) in [5, 5.41) is 3.84. The monoisotopic (exact) mass is 305 g/mol. The first kappa shape index (κ1) is 14.4. The topological polar surface area (TPSA) is 39.1 Å². The molecule has 1 saturated carbocycles. The van der Waals surface area contributed by atoms with Crippen molar-refractivity contribution < 1.29 is 4.74 Å². The van der Waals surface area contributed by atoms with Crippen molar-refractivity contribution in [2.24, 2.45) is 0 Å². The number of benzene rings is 1. The molecule has 1 heterocycles. The average Bonchev–Trinajstić information content (AvgIpc) is 3.24. The lowest BCUT2D eigenvalue weighted by Gasteiger charge is -2.14. The lowest BCUT2D eigenvalue weighted by Crippen LogP contribution is -2.12. The highest BCUT2D eigenvalue weighted by molar-refractivity contribution is 6.32. The van der Waals surface area contributed by atoms with E-state index in [1.807, 2.05) is 37.8 Å². The van der Waals surface area contributed by atoms with Gasteiger partial charge in [-0.3, -0.25) is 0 Å². The molecule has 0 amide bonds. The summed E-state index contributed by atoms with van der Waals surface area (Å²) in [7, 11) is 1.93. The molecule has 0 radical (unpaired) electrons. The Bertz CT molecular complexity index is 622. The van der Waals surface area contributed by atoms with E-state index < -0.39 is 0 Å². The Morgan fingerprint density at radius 2 is 2.29 bits per heavy atom. The fraction of sp³-hybridized carbons (Fsp3) is 0.438. The zero-order valence-corrected chi connectivity index (χ0v) is 13.1. The van der Waals surface area contributed by atoms with E-state index in [1.165, 1.54) is 12.8 Å². The van der Waals surface area contributed by atoms with Gasteiger partial charge in [0.1, 0.15) is 12.4 Å². The van der Waals surface area contributed by atoms with Crippen LogP contribution in [0.2, 0.25) is 5.02 Å². The highest BCUT2D eigenvalue weighted by Crippen LogP contribution is 2.36. The molecule has 112 valence electrons. The summed E-state index contributed by atoms with van der Waals surface area (Å²) in [6, 6.07) is 6.81. The minimum atomic E-state index is 0.271. The van der Waals surface area contributed by atoms with Crippen LogP contribution < -0.4 is 10.1 Å². The highest BCUT2D eigenvalue weighted by Gasteiger charge is 2.25. The van der Waals surface area contributed by atoms with Crippen LogP contribution in [0.15, 0.2) is 30.7 Å². The maximum absolute atomic E-state index is 6.31. The third-order valence-corrected chi connectivity index (χ3v) is 4.25. The van der Waals surface area contributed by atoms with Gasteiger partial charge in [-0.1, -0.05) is 17.7 Å². The van der Waals surface area contributed by atoms with Crippen LogP contribution in [0.3, 0.4) is 0 Å². The molecule has 4 nitrogen and oxygen atoms in total. The summed E-state index contributed by atoms with van der Waals surface area (Å²) in [5.41, 5.74) is 2.25. The molecule has 0 aliphatic heterocycles. The van der Waals surface area contributed by atoms with Gasteiger partial charge in [-0.2, -0.15) is 0 Å². The van der Waals surface area contributed by atoms with Crippen molar-refractivity contribution >= 4 is 11.6 Å². The summed E-state index contributed by atoms with van der Waals surface area (Å²) in [6.07, 6.45) is 6.22. The standard InChI is InChI=1S/C16H20ClN3O/c1-11(18-2)12-3-6-16(15(17)7-12)21-9-14-8-19-10-20(14)13-4-5-13/h3,6-8,10-11,13,18H,4-5,9H2,1-2H3. The van der Waals surface area contributed by atoms with E-state index in [2.05, 4.69) is 21.8 Å². The van der Waals surface area contributed by atoms with Crippen molar-refractivity contribution in [2.45, 2.75) is 38.5 Å². The first-order chi connectivity index (χ1) is 10.2. The SMILES string of the molecule is CNC(C)c1ccc(OCc2cncn2C2CC2)c(Cl)c1. The first-order valence-electron chi connectivity index (χ1n) is 7.29. The fourth-order valence-electron chi connectivity index (χ4n) is 2.35. The van der Waals surface area contributed by atoms with Gasteiger partial charge in [0.05, 0.1) is 23.2 Å². The molecule has 1 unspecified atom stereocenters. The third kappa shape index (κ3) is 3.22. The second-order valence-corrected chi connectivity index (χ2v) is 5.92. The number of nitrogens with zero attached hydrogens (tertiary/aromatic N) is 2. The number of ether oxygens (including phenoxy) is 1. The number of halogens is 1. The van der Waals surface area contributed by atoms with Gasteiger partial charge in [-0.25, -0.2) is 4.98 Å². The Morgan fingerprint density at radius 3 is 2.95 bits per heavy atom. The molecule has 1 fully saturated rings. The zero-order chi connectivity index (χ0) is 14.8. The number of aromatic nitrogens is 2. The molecular formula is C16H20ClN3O. The minimum Gasteiger partial charge on any atom is -0.486 e. The van der Waals surface area contributed by atoms with Crippen molar-refractivity contribution in [3.63, 3.8) is 0 Å². The number of rotatable bonds is 6. The minimum absolute atomic E-state index is 0.271. The van der Waals surface area contributed by atoms with Gasteiger partial charge in [-0.05, 0) is 44.5 Å². The van der Waals surface area contributed by atoms with E-state index in [-0.39, 0.29) is 6.04 Å². The average molecular weight is 306 g/mol. The molecule has 2 aromatic rings. The highest BCUT2D eigenvalue weighted by atomic mass is 35.5. The van der Waals surface area contributed by atoms with Crippen molar-refractivity contribution in [3.8, 4) is 5.75 Å². The van der Waals surface area contributed by atoms with Crippen molar-refractivity contribution in [1.82, 2.24) is 14.9 Å². The largest absolute Gasteiger partial charge is 0.486 e. The van der Waals surface area contributed by atoms with E-state index in [9.17, 15) is 0 Å². The molecule has 3 rings (SSSR count). The van der Waals surface area contributed by atoms with Crippen molar-refractivity contribution in [1.29, 1.82) is 0 Å². The summed E-state index contributed by atoms with van der Waals surface area (Å²) >= 11 is 6.31. The second kappa shape index (κ2) is 6.08. The molecular weight excluding hydrogens is 286 g/mol. The molecule has 0 bridgehead atoms. The molecule has 1 aromatic carbocycles. The predicted molar refractivity (Wildman–Crippen MR) is 83.8 cm³/mol. The van der Waals surface area contributed by atoms with Gasteiger partial charge < -0.3 is 14.6 Å². The van der Waals surface area contributed by atoms with Gasteiger partial charge in [0.2, 0.25) is 0 Å². The summed E-state index contributed by atoms with van der Waals surface area (Å²) in [5.74, 6) is 0.715. The molecule has 1 aliphatic rings. The smallest absolute Gasteiger partial charge is 0.138 e. The van der Waals surface area contributed by atoms with Crippen molar-refractivity contribution in [2.75, 3.05) is 7.05 Å². The predicted octanol–water partition coefficient (Wildman–Crippen LogP) is 3.73. The van der Waals surface area contributed by atoms with E-state index in [0.29, 0.717) is 23.4 Å². The number of hydrogen-bond acceptors (Lipinski definition) is 3. The molecule has 0 spiro atoms. The Morgan fingerprint density at radius 1 is 1.48 bits per heavy atom. The van der Waals surface area contributed by atoms with E-state index in [1.54, 1.807) is 0 Å². The zero-order valence-electron chi connectivity index (χ0n) is 12.3. The lowest BCUT2D eigenvalue weighted by molar-refractivity contribution is 0.295. The second-order valence-electron chi connectivity index (χ2n) is 5.51. The third-order valence-electron chi connectivity index (χ3n) is 3.95. The molecule has 1 aliphatic carbocycles. The molecule has 21 heavy (non-hydrogen) atoms. The Balaban J connectivity index is 1.68. The van der Waals surface area contributed by atoms with Gasteiger partial charge in [0.15, 0.2) is 0 Å². The van der Waals surface area contributed by atoms with E-state index in [4.69, 9.17) is 16.3 Å². The van der Waals surface area contributed by atoms with Crippen molar-refractivity contribution in [3.05, 3.63) is 47.0 Å². The van der Waals surface area contributed by atoms with Gasteiger partial charge in [-0.15, -0.1) is 0 Å². The molecule has 0 saturated heterocycles. The number of hydrogen-bond donors (Lipinski definition) is 1. The lowest BCUT2D eigenvalue weighted by atomic mass is 10.1. The van der Waals surface area contributed by atoms with Crippen LogP contribution in [-0.2, 0) is 6.61 Å². The van der Waals surface area contributed by atoms with Crippen LogP contribution in [0.1, 0.15) is 43.1 Å². The Labute approximate surface area is 130 Å². The Kier molecular flexibility index (Phi) is 4.17. The molecule has 1 aromatic heterocycles. The molecule has 1 N–H and O–H groups in total.